The summed E-state index contributed by atoms with van der Waals surface area (Å²) in [5.41, 5.74) is -1.18. The normalized spacial score (nSPS) is 20.3. The van der Waals surface area contributed by atoms with Crippen LogP contribution >= 0.6 is 0 Å². The molecule has 0 saturated carbocycles. The molecule has 1 rings (SSSR count). The van der Waals surface area contributed by atoms with E-state index in [1.54, 1.807) is 4.57 Å². The summed E-state index contributed by atoms with van der Waals surface area (Å²) >= 11 is 0. The summed E-state index contributed by atoms with van der Waals surface area (Å²) in [6.07, 6.45) is 1.26. The molecule has 0 atom stereocenters. The third kappa shape index (κ3) is 1.54. The van der Waals surface area contributed by atoms with Gasteiger partial charge in [-0.15, -0.1) is 0 Å². The van der Waals surface area contributed by atoms with Crippen molar-refractivity contribution < 1.29 is 14.4 Å². The molecule has 0 bridgehead atoms. The minimum absolute atomic E-state index is 0.0342. The van der Waals surface area contributed by atoms with Crippen molar-refractivity contribution in [1.82, 2.24) is 4.57 Å². The number of hydrogen-bond acceptors (Lipinski definition) is 3. The Bertz CT molecular complexity index is 336. The highest BCUT2D eigenvalue weighted by atomic mass is 28.3. The Hall–Kier alpha value is -0.973. The molecule has 0 spiro atoms. The Morgan fingerprint density at radius 2 is 1.69 bits per heavy atom. The third-order valence-corrected chi connectivity index (χ3v) is 9.36. The number of amides is 1. The van der Waals surface area contributed by atoms with Crippen molar-refractivity contribution in [3.8, 4) is 0 Å². The van der Waals surface area contributed by atoms with E-state index in [2.05, 4.69) is 0 Å². The fourth-order valence-electron chi connectivity index (χ4n) is 1.93. The lowest BCUT2D eigenvalue weighted by atomic mass is 9.90. The monoisotopic (exact) mass is 241 g/mol. The van der Waals surface area contributed by atoms with E-state index in [0.29, 0.717) is 12.6 Å². The van der Waals surface area contributed by atoms with Crippen LogP contribution in [-0.4, -0.2) is 36.8 Å². The van der Waals surface area contributed by atoms with E-state index in [-0.39, 0.29) is 17.4 Å². The smallest absolute Gasteiger partial charge is 0.219 e. The molecule has 0 aromatic carbocycles. The molecule has 0 aliphatic carbocycles. The molecular formula is C11H19NO3Si. The predicted molar refractivity (Wildman–Crippen MR) is 63.5 cm³/mol. The average Bonchev–Trinajstić information content (AvgIpc) is 2.10. The van der Waals surface area contributed by atoms with Crippen molar-refractivity contribution in [2.24, 2.45) is 0 Å². The van der Waals surface area contributed by atoms with Crippen LogP contribution in [0.5, 0.6) is 0 Å². The average molecular weight is 241 g/mol. The zero-order valence-electron chi connectivity index (χ0n) is 10.5. The van der Waals surface area contributed by atoms with Crippen LogP contribution < -0.4 is 0 Å². The van der Waals surface area contributed by atoms with Gasteiger partial charge in [0.15, 0.2) is 26.3 Å². The van der Waals surface area contributed by atoms with Crippen LogP contribution in [0.25, 0.3) is 0 Å². The molecule has 16 heavy (non-hydrogen) atoms. The molecule has 1 aliphatic heterocycles. The summed E-state index contributed by atoms with van der Waals surface area (Å²) in [4.78, 5) is 33.8. The van der Waals surface area contributed by atoms with Gasteiger partial charge >= 0.3 is 0 Å². The molecular weight excluding hydrogens is 222 g/mol. The minimum atomic E-state index is -2.14. The Balaban J connectivity index is 3.17. The quantitative estimate of drug-likeness (QED) is 0.324. The van der Waals surface area contributed by atoms with E-state index in [0.717, 1.165) is 0 Å². The number of rotatable bonds is 3. The van der Waals surface area contributed by atoms with E-state index in [1.165, 1.54) is 0 Å². The van der Waals surface area contributed by atoms with Gasteiger partial charge in [0.2, 0.25) is 5.91 Å². The van der Waals surface area contributed by atoms with Gasteiger partial charge in [-0.2, -0.15) is 0 Å². The molecule has 1 fully saturated rings. The van der Waals surface area contributed by atoms with E-state index >= 15 is 0 Å². The molecule has 1 saturated heterocycles. The van der Waals surface area contributed by atoms with E-state index in [4.69, 9.17) is 0 Å². The van der Waals surface area contributed by atoms with Crippen LogP contribution in [0, 0.1) is 0 Å². The summed E-state index contributed by atoms with van der Waals surface area (Å²) in [5, 5.41) is -0.0691. The van der Waals surface area contributed by atoms with Crippen LogP contribution in [0.4, 0.5) is 0 Å². The lowest BCUT2D eigenvalue weighted by Gasteiger charge is -2.57. The summed E-state index contributed by atoms with van der Waals surface area (Å²) in [5.74, 6) is -0.0780. The van der Waals surface area contributed by atoms with Gasteiger partial charge in [-0.3, -0.25) is 4.79 Å². The topological polar surface area (TPSA) is 54.5 Å². The van der Waals surface area contributed by atoms with Gasteiger partial charge in [-0.25, -0.2) is 0 Å². The molecule has 0 unspecified atom stereocenters. The van der Waals surface area contributed by atoms with Crippen molar-refractivity contribution in [2.75, 3.05) is 0 Å². The van der Waals surface area contributed by atoms with Crippen molar-refractivity contribution in [3.63, 3.8) is 0 Å². The molecule has 1 heterocycles. The number of carbonyl (C=O) groups is 3. The SMILES string of the molecule is CC(C)(C)[Si](C)(C)N1C(=O)CC1(C=O)C=O. The van der Waals surface area contributed by atoms with Crippen molar-refractivity contribution >= 4 is 26.7 Å². The molecule has 90 valence electrons. The molecule has 5 heteroatoms. The van der Waals surface area contributed by atoms with E-state index in [1.807, 2.05) is 33.9 Å². The van der Waals surface area contributed by atoms with Crippen LogP contribution in [0.2, 0.25) is 18.1 Å². The zero-order chi connectivity index (χ0) is 12.8. The van der Waals surface area contributed by atoms with Gasteiger partial charge in [-0.1, -0.05) is 33.9 Å². The highest BCUT2D eigenvalue weighted by Gasteiger charge is 2.60. The Morgan fingerprint density at radius 1 is 1.25 bits per heavy atom. The number of aldehydes is 2. The number of hydrogen-bond donors (Lipinski definition) is 0. The zero-order valence-corrected chi connectivity index (χ0v) is 11.5. The Kier molecular flexibility index (Phi) is 2.88. The van der Waals surface area contributed by atoms with Gasteiger partial charge in [0.25, 0.3) is 0 Å². The van der Waals surface area contributed by atoms with Gasteiger partial charge < -0.3 is 14.2 Å². The van der Waals surface area contributed by atoms with Crippen molar-refractivity contribution in [3.05, 3.63) is 0 Å². The first-order valence-corrected chi connectivity index (χ1v) is 8.33. The minimum Gasteiger partial charge on any atom is -0.351 e. The highest BCUT2D eigenvalue weighted by Crippen LogP contribution is 2.45. The Morgan fingerprint density at radius 3 is 1.94 bits per heavy atom. The van der Waals surface area contributed by atoms with Gasteiger partial charge in [0.1, 0.15) is 0 Å². The maximum Gasteiger partial charge on any atom is 0.219 e. The molecule has 4 nitrogen and oxygen atoms in total. The highest BCUT2D eigenvalue weighted by molar-refractivity contribution is 6.80. The maximum absolute atomic E-state index is 11.7. The molecule has 0 N–H and O–H groups in total. The van der Waals surface area contributed by atoms with Gasteiger partial charge in [0.05, 0.1) is 6.42 Å². The number of nitrogens with zero attached hydrogens (tertiary/aromatic N) is 1. The van der Waals surface area contributed by atoms with Gasteiger partial charge in [-0.05, 0) is 5.04 Å². The van der Waals surface area contributed by atoms with E-state index < -0.39 is 13.8 Å². The molecule has 0 aromatic heterocycles. The first-order valence-electron chi connectivity index (χ1n) is 5.38. The van der Waals surface area contributed by atoms with Crippen LogP contribution in [-0.2, 0) is 14.4 Å². The molecule has 1 amide bonds. The van der Waals surface area contributed by atoms with Gasteiger partial charge in [0, 0.05) is 0 Å². The fourth-order valence-corrected chi connectivity index (χ4v) is 4.52. The number of carbonyl (C=O) groups excluding carboxylic acids is 3. The van der Waals surface area contributed by atoms with Crippen molar-refractivity contribution in [2.45, 2.75) is 50.9 Å². The van der Waals surface area contributed by atoms with Crippen LogP contribution in [0.1, 0.15) is 27.2 Å². The largest absolute Gasteiger partial charge is 0.351 e. The second kappa shape index (κ2) is 3.51. The first-order chi connectivity index (χ1) is 7.12. The fraction of sp³-hybridized carbons (Fsp3) is 0.727. The predicted octanol–water partition coefficient (Wildman–Crippen LogP) is 1.36. The lowest BCUT2D eigenvalue weighted by molar-refractivity contribution is -0.154. The molecule has 0 aromatic rings. The Labute approximate surface area is 97.1 Å². The summed E-state index contributed by atoms with van der Waals surface area (Å²) < 4.78 is 1.56. The third-order valence-electron chi connectivity index (χ3n) is 3.90. The second-order valence-corrected chi connectivity index (χ2v) is 11.0. The summed E-state index contributed by atoms with van der Waals surface area (Å²) in [6.45, 7) is 10.2. The maximum atomic E-state index is 11.7. The van der Waals surface area contributed by atoms with Crippen LogP contribution in [0.3, 0.4) is 0 Å². The van der Waals surface area contributed by atoms with E-state index in [9.17, 15) is 14.4 Å². The standard InChI is InChI=1S/C11H19NO3Si/c1-10(2,3)16(4,5)12-9(15)6-11(12,7-13)8-14/h7-8H,6H2,1-5H3. The van der Waals surface area contributed by atoms with Crippen LogP contribution in [0.15, 0.2) is 0 Å². The second-order valence-electron chi connectivity index (χ2n) is 5.94. The number of β-lactam (4-membered cyclic amide) rings is 1. The first kappa shape index (κ1) is 13.1. The lowest BCUT2D eigenvalue weighted by Crippen LogP contribution is -2.76. The summed E-state index contributed by atoms with van der Waals surface area (Å²) in [6, 6.07) is 0. The van der Waals surface area contributed by atoms with Crippen molar-refractivity contribution in [1.29, 1.82) is 0 Å². The summed E-state index contributed by atoms with van der Waals surface area (Å²) in [7, 11) is -2.14. The molecule has 1 aliphatic rings. The molecule has 0 radical (unpaired) electrons.